The van der Waals surface area contributed by atoms with Gasteiger partial charge in [-0.3, -0.25) is 28.9 Å². The molecule has 6 aromatic rings. The molecule has 2 aromatic heterocycles. The lowest BCUT2D eigenvalue weighted by molar-refractivity contribution is -0.277. The lowest BCUT2D eigenvalue weighted by Gasteiger charge is -2.41. The summed E-state index contributed by atoms with van der Waals surface area (Å²) in [4.78, 5) is 73.6. The fraction of sp³-hybridized carbons (Fsp3) is 0.322. The Morgan fingerprint density at radius 1 is 0.662 bits per heavy atom. The van der Waals surface area contributed by atoms with Gasteiger partial charge in [0.1, 0.15) is 11.5 Å². The molecule has 2 saturated heterocycles. The van der Waals surface area contributed by atoms with Gasteiger partial charge in [0.25, 0.3) is 5.91 Å². The van der Waals surface area contributed by atoms with E-state index in [2.05, 4.69) is 21.6 Å². The van der Waals surface area contributed by atoms with Gasteiger partial charge in [0.2, 0.25) is 5.78 Å². The average molecular weight is 1090 g/mol. The van der Waals surface area contributed by atoms with E-state index in [0.717, 1.165) is 30.2 Å². The van der Waals surface area contributed by atoms with Gasteiger partial charge < -0.3 is 44.0 Å². The van der Waals surface area contributed by atoms with E-state index in [1.54, 1.807) is 102 Å². The van der Waals surface area contributed by atoms with Crippen molar-refractivity contribution in [2.45, 2.75) is 65.6 Å². The van der Waals surface area contributed by atoms with Crippen LogP contribution < -0.4 is 20.1 Å². The lowest BCUT2D eigenvalue weighted by atomic mass is 9.79. The third-order valence-corrected chi connectivity index (χ3v) is 14.2. The molecule has 0 aliphatic carbocycles. The van der Waals surface area contributed by atoms with Crippen molar-refractivity contribution in [3.05, 3.63) is 153 Å². The molecular weight excluding hydrogens is 1020 g/mol. The second kappa shape index (κ2) is 25.7. The minimum atomic E-state index is -1.09. The first kappa shape index (κ1) is 58.9. The number of nitrogens with zero attached hydrogens (tertiary/aromatic N) is 1. The van der Waals surface area contributed by atoms with Gasteiger partial charge in [-0.25, -0.2) is 4.79 Å². The van der Waals surface area contributed by atoms with Crippen molar-refractivity contribution in [1.29, 1.82) is 0 Å². The first-order valence-corrected chi connectivity index (χ1v) is 26.2. The molecule has 406 valence electrons. The molecule has 3 aliphatic rings. The standard InChI is InChI=1S/C29H29NO6S.C12H18O6.C10H9NS.C8H8O2/c1-28(2)35-16-29(3,17-36-28)26(32)23-24(21-7-5-6-8-22(21)34-4)30(27(33)25(23)31)20-11-9-18(10-12-20)19-13-14-37-15-19;1-11(2)17-6-12(3,7-18-11)9(14)5-8(13)10(15)16-4;11-10-3-1-8(2-4-10)9-5-6-12-7-9;1-10-8-5-3-2-4-7(8)6-9/h5-15,24,31H,16-17H2,1-4H3;5-7H2,1-4H3;1-7H,11H2;2-6H,1H3. The van der Waals surface area contributed by atoms with Crippen molar-refractivity contribution in [3.8, 4) is 33.8 Å². The van der Waals surface area contributed by atoms with Crippen LogP contribution in [0.25, 0.3) is 22.3 Å². The summed E-state index contributed by atoms with van der Waals surface area (Å²) in [6.45, 7) is 10.9. The molecule has 0 spiro atoms. The molecule has 3 aliphatic heterocycles. The summed E-state index contributed by atoms with van der Waals surface area (Å²) in [7, 11) is 4.18. The molecule has 16 nitrogen and oxygen atoms in total. The molecule has 1 amide bonds. The predicted octanol–water partition coefficient (Wildman–Crippen LogP) is 10.7. The van der Waals surface area contributed by atoms with Crippen LogP contribution in [0.5, 0.6) is 11.5 Å². The van der Waals surface area contributed by atoms with Gasteiger partial charge in [0, 0.05) is 16.9 Å². The maximum atomic E-state index is 14.1. The fourth-order valence-corrected chi connectivity index (χ4v) is 9.39. The van der Waals surface area contributed by atoms with Crippen molar-refractivity contribution >= 4 is 69.6 Å². The van der Waals surface area contributed by atoms with Crippen LogP contribution in [0, 0.1) is 10.8 Å². The van der Waals surface area contributed by atoms with Gasteiger partial charge in [0.05, 0.1) is 82.2 Å². The number of methoxy groups -OCH3 is 3. The van der Waals surface area contributed by atoms with Gasteiger partial charge in [-0.05, 0) is 140 Å². The number of aliphatic hydroxyl groups is 1. The number of aldehydes is 1. The van der Waals surface area contributed by atoms with Crippen molar-refractivity contribution in [3.63, 3.8) is 0 Å². The second-order valence-electron chi connectivity index (χ2n) is 19.6. The highest BCUT2D eigenvalue weighted by Gasteiger charge is 2.52. The van der Waals surface area contributed by atoms with E-state index in [9.17, 15) is 33.9 Å². The third kappa shape index (κ3) is 14.6. The van der Waals surface area contributed by atoms with E-state index in [4.69, 9.17) is 34.2 Å². The van der Waals surface area contributed by atoms with Crippen LogP contribution in [0.4, 0.5) is 11.4 Å². The topological polar surface area (TPSA) is 217 Å². The molecule has 5 heterocycles. The Labute approximate surface area is 456 Å². The van der Waals surface area contributed by atoms with E-state index in [1.807, 2.05) is 83.6 Å². The number of Topliss-reactive ketones (excluding diaryl/α,β-unsaturated/α-hetero) is 3. The minimum absolute atomic E-state index is 0.00539. The van der Waals surface area contributed by atoms with Crippen molar-refractivity contribution in [1.82, 2.24) is 0 Å². The Hall–Kier alpha value is -7.32. The summed E-state index contributed by atoms with van der Waals surface area (Å²) in [5, 5.41) is 19.4. The zero-order valence-electron chi connectivity index (χ0n) is 44.5. The number of carbonyl (C=O) groups is 6. The second-order valence-corrected chi connectivity index (χ2v) is 21.1. The largest absolute Gasteiger partial charge is 0.503 e. The maximum Gasteiger partial charge on any atom is 0.374 e. The number of thiophene rings is 2. The fourth-order valence-electron chi connectivity index (χ4n) is 8.06. The van der Waals surface area contributed by atoms with Gasteiger partial charge in [-0.1, -0.05) is 54.6 Å². The zero-order valence-corrected chi connectivity index (χ0v) is 46.1. The Bertz CT molecular complexity index is 3020. The number of aliphatic hydroxyl groups excluding tert-OH is 1. The monoisotopic (exact) mass is 1090 g/mol. The number of hydrogen-bond acceptors (Lipinski definition) is 17. The molecule has 3 N–H and O–H groups in total. The Kier molecular flexibility index (Phi) is 19.7. The van der Waals surface area contributed by atoms with E-state index in [1.165, 1.54) is 23.1 Å². The molecule has 1 atom stereocenters. The van der Waals surface area contributed by atoms with Crippen LogP contribution in [0.1, 0.15) is 69.9 Å². The normalized spacial score (nSPS) is 17.6. The number of hydrogen-bond donors (Lipinski definition) is 2. The van der Waals surface area contributed by atoms with Gasteiger partial charge in [-0.15, -0.1) is 0 Å². The minimum Gasteiger partial charge on any atom is -0.503 e. The number of ketones is 3. The molecule has 77 heavy (non-hydrogen) atoms. The van der Waals surface area contributed by atoms with Gasteiger partial charge in [0.15, 0.2) is 35.2 Å². The van der Waals surface area contributed by atoms with E-state index >= 15 is 0 Å². The van der Waals surface area contributed by atoms with Crippen molar-refractivity contribution < 1.29 is 67.0 Å². The van der Waals surface area contributed by atoms with Crippen molar-refractivity contribution in [2.24, 2.45) is 10.8 Å². The molecule has 18 heteroatoms. The number of nitrogens with two attached hydrogens (primary N) is 1. The smallest absolute Gasteiger partial charge is 0.374 e. The summed E-state index contributed by atoms with van der Waals surface area (Å²) in [6.07, 6.45) is 0.287. The number of amides is 1. The summed E-state index contributed by atoms with van der Waals surface area (Å²) >= 11 is 3.31. The number of anilines is 2. The van der Waals surface area contributed by atoms with Gasteiger partial charge in [-0.2, -0.15) is 22.7 Å². The Morgan fingerprint density at radius 3 is 1.61 bits per heavy atom. The highest BCUT2D eigenvalue weighted by Crippen LogP contribution is 2.47. The lowest BCUT2D eigenvalue weighted by Crippen LogP contribution is -2.50. The molecule has 0 bridgehead atoms. The molecule has 0 saturated carbocycles. The summed E-state index contributed by atoms with van der Waals surface area (Å²) in [5.41, 5.74) is 10.7. The number of para-hydroxylation sites is 2. The van der Waals surface area contributed by atoms with E-state index < -0.39 is 64.1 Å². The predicted molar refractivity (Wildman–Crippen MR) is 295 cm³/mol. The average Bonchev–Trinajstić information content (AvgIpc) is 4.31. The molecule has 4 aromatic carbocycles. The number of nitrogen functional groups attached to an aromatic ring is 1. The number of esters is 1. The molecular formula is C59H64N2O14S2. The number of rotatable bonds is 13. The summed E-state index contributed by atoms with van der Waals surface area (Å²) in [5.74, 6) is -4.29. The molecule has 9 rings (SSSR count). The first-order valence-electron chi connectivity index (χ1n) is 24.3. The summed E-state index contributed by atoms with van der Waals surface area (Å²) < 4.78 is 37.2. The number of ether oxygens (including phenoxy) is 7. The van der Waals surface area contributed by atoms with Crippen LogP contribution in [0.15, 0.2) is 142 Å². The maximum absolute atomic E-state index is 14.1. The van der Waals surface area contributed by atoms with Gasteiger partial charge >= 0.3 is 5.97 Å². The van der Waals surface area contributed by atoms with Crippen LogP contribution in [-0.2, 0) is 47.7 Å². The Balaban J connectivity index is 0.000000197. The third-order valence-electron chi connectivity index (χ3n) is 12.8. The highest BCUT2D eigenvalue weighted by molar-refractivity contribution is 7.08. The molecule has 1 unspecified atom stereocenters. The van der Waals surface area contributed by atoms with Crippen LogP contribution in [0.3, 0.4) is 0 Å². The SMILES string of the molecule is COC(=O)C(=O)CC(=O)C1(C)COC(C)(C)OC1.COc1ccccc1C1C(C(=O)C2(C)COC(C)(C)OC2)=C(O)C(=O)N1c1ccc(-c2ccsc2)cc1.COc1ccccc1C=O.Nc1ccc(-c2ccsc2)cc1. The highest BCUT2D eigenvalue weighted by atomic mass is 32.1. The van der Waals surface area contributed by atoms with Crippen LogP contribution in [0.2, 0.25) is 0 Å². The van der Waals surface area contributed by atoms with Crippen LogP contribution in [-0.4, -0.2) is 100.0 Å². The van der Waals surface area contributed by atoms with E-state index in [0.29, 0.717) is 28.3 Å². The van der Waals surface area contributed by atoms with Crippen molar-refractivity contribution in [2.75, 3.05) is 58.4 Å². The number of carbonyl (C=O) groups excluding carboxylic acids is 6. The molecule has 2 fully saturated rings. The van der Waals surface area contributed by atoms with Crippen LogP contribution >= 0.6 is 22.7 Å². The zero-order chi connectivity index (χ0) is 56.1. The van der Waals surface area contributed by atoms with E-state index in [-0.39, 0.29) is 37.8 Å². The Morgan fingerprint density at radius 2 is 1.14 bits per heavy atom. The molecule has 0 radical (unpaired) electrons. The first-order chi connectivity index (χ1) is 36.6. The summed E-state index contributed by atoms with van der Waals surface area (Å²) in [6, 6.07) is 33.0. The number of benzene rings is 4. The quantitative estimate of drug-likeness (QED) is 0.0361.